The number of cyclic esters (lactones) is 1. The molecule has 0 bridgehead atoms. The van der Waals surface area contributed by atoms with Crippen LogP contribution in [0.5, 0.6) is 0 Å². The molecule has 0 spiro atoms. The summed E-state index contributed by atoms with van der Waals surface area (Å²) in [7, 11) is 0. The van der Waals surface area contributed by atoms with Gasteiger partial charge in [-0.05, 0) is 0 Å². The number of rotatable bonds is 0. The number of halogens is 1. The van der Waals surface area contributed by atoms with Crippen LogP contribution < -0.4 is 21.2 Å². The number of carbonyl (C=O) groups is 1. The van der Waals surface area contributed by atoms with Gasteiger partial charge in [0.05, 0.1) is 0 Å². The number of carbonyl (C=O) groups excluding carboxylic acids is 1. The van der Waals surface area contributed by atoms with Crippen molar-refractivity contribution in [1.29, 1.82) is 0 Å². The summed E-state index contributed by atoms with van der Waals surface area (Å²) in [6, 6.07) is 0. The zero-order valence-electron chi connectivity index (χ0n) is 5.26. The standard InChI is InChI=1S/C7H6IO2/c9-7-6-3-8-2-1-5(6)4-10-7/h1-2H,3-4H2/q-1. The van der Waals surface area contributed by atoms with Gasteiger partial charge in [-0.2, -0.15) is 0 Å². The summed E-state index contributed by atoms with van der Waals surface area (Å²) in [5.74, 6) is -0.0842. The van der Waals surface area contributed by atoms with Crippen LogP contribution in [0.2, 0.25) is 0 Å². The van der Waals surface area contributed by atoms with Gasteiger partial charge < -0.3 is 0 Å². The molecule has 2 nitrogen and oxygen atoms in total. The molecule has 0 amide bonds. The van der Waals surface area contributed by atoms with E-state index in [0.717, 1.165) is 15.6 Å². The molecule has 0 unspecified atom stereocenters. The van der Waals surface area contributed by atoms with E-state index >= 15 is 0 Å². The first-order valence-electron chi connectivity index (χ1n) is 3.01. The maximum absolute atomic E-state index is 10.9. The van der Waals surface area contributed by atoms with E-state index in [4.69, 9.17) is 4.74 Å². The topological polar surface area (TPSA) is 26.3 Å². The molecule has 0 radical (unpaired) electrons. The van der Waals surface area contributed by atoms with Crippen molar-refractivity contribution in [1.82, 2.24) is 0 Å². The Morgan fingerprint density at radius 1 is 1.60 bits per heavy atom. The van der Waals surface area contributed by atoms with Crippen LogP contribution in [0.25, 0.3) is 0 Å². The van der Waals surface area contributed by atoms with Crippen molar-refractivity contribution in [3.8, 4) is 0 Å². The van der Waals surface area contributed by atoms with Gasteiger partial charge in [0.1, 0.15) is 0 Å². The van der Waals surface area contributed by atoms with Gasteiger partial charge in [-0.25, -0.2) is 0 Å². The predicted octanol–water partition coefficient (Wildman–Crippen LogP) is -2.54. The number of esters is 1. The fourth-order valence-corrected chi connectivity index (χ4v) is 3.16. The SMILES string of the molecule is O=C1OCC2=C1C[I-]C=C2. The fraction of sp³-hybridized carbons (Fsp3) is 0.286. The van der Waals surface area contributed by atoms with Gasteiger partial charge in [0, 0.05) is 0 Å². The molecule has 2 rings (SSSR count). The molecular formula is C7H6IO2-. The van der Waals surface area contributed by atoms with E-state index < -0.39 is 0 Å². The van der Waals surface area contributed by atoms with Crippen molar-refractivity contribution >= 4 is 5.97 Å². The summed E-state index contributed by atoms with van der Waals surface area (Å²) in [4.78, 5) is 10.9. The normalized spacial score (nSPS) is 23.8. The minimum atomic E-state index is -0.0842. The first-order chi connectivity index (χ1) is 4.88. The summed E-state index contributed by atoms with van der Waals surface area (Å²) in [6.07, 6.45) is 2.04. The average Bonchev–Trinajstić information content (AvgIpc) is 2.34. The van der Waals surface area contributed by atoms with E-state index in [0.29, 0.717) is 6.61 Å². The second kappa shape index (κ2) is 2.38. The van der Waals surface area contributed by atoms with Gasteiger partial charge in [0.15, 0.2) is 0 Å². The Labute approximate surface area is 69.2 Å². The molecule has 2 aliphatic heterocycles. The zero-order valence-corrected chi connectivity index (χ0v) is 7.42. The molecule has 0 saturated carbocycles. The summed E-state index contributed by atoms with van der Waals surface area (Å²) in [6.45, 7) is 0.508. The second-order valence-electron chi connectivity index (χ2n) is 2.16. The van der Waals surface area contributed by atoms with Crippen LogP contribution in [-0.4, -0.2) is 17.0 Å². The Kier molecular flexibility index (Phi) is 1.52. The molecule has 0 aliphatic carbocycles. The van der Waals surface area contributed by atoms with Crippen LogP contribution in [0.4, 0.5) is 0 Å². The van der Waals surface area contributed by atoms with Crippen molar-refractivity contribution in [3.05, 3.63) is 21.3 Å². The van der Waals surface area contributed by atoms with Crippen LogP contribution in [0, 0.1) is 0 Å². The summed E-state index contributed by atoms with van der Waals surface area (Å²) < 4.78 is 8.02. The number of ether oxygens (including phenoxy) is 1. The molecule has 0 atom stereocenters. The van der Waals surface area contributed by atoms with Crippen LogP contribution in [0.15, 0.2) is 21.3 Å². The van der Waals surface area contributed by atoms with Gasteiger partial charge in [-0.15, -0.1) is 0 Å². The van der Waals surface area contributed by atoms with Gasteiger partial charge in [-0.3, -0.25) is 0 Å². The van der Waals surface area contributed by atoms with Crippen LogP contribution in [0.1, 0.15) is 0 Å². The number of alkyl halides is 1. The Morgan fingerprint density at radius 2 is 2.50 bits per heavy atom. The summed E-state index contributed by atoms with van der Waals surface area (Å²) in [5.41, 5.74) is 2.05. The minimum absolute atomic E-state index is 0.0842. The second-order valence-corrected chi connectivity index (χ2v) is 4.52. The third-order valence-corrected chi connectivity index (χ3v) is 3.63. The van der Waals surface area contributed by atoms with Crippen molar-refractivity contribution in [2.24, 2.45) is 0 Å². The molecular weight excluding hydrogens is 243 g/mol. The van der Waals surface area contributed by atoms with E-state index in [1.807, 2.05) is 6.08 Å². The van der Waals surface area contributed by atoms with Crippen molar-refractivity contribution in [2.45, 2.75) is 0 Å². The number of hydrogen-bond acceptors (Lipinski definition) is 2. The quantitative estimate of drug-likeness (QED) is 0.268. The van der Waals surface area contributed by atoms with Crippen molar-refractivity contribution in [2.75, 3.05) is 11.0 Å². The van der Waals surface area contributed by atoms with Gasteiger partial charge in [0.2, 0.25) is 0 Å². The third-order valence-electron chi connectivity index (χ3n) is 1.56. The molecule has 2 heterocycles. The van der Waals surface area contributed by atoms with E-state index in [9.17, 15) is 4.79 Å². The van der Waals surface area contributed by atoms with Crippen LogP contribution in [-0.2, 0) is 9.53 Å². The Bertz CT molecular complexity index is 240. The monoisotopic (exact) mass is 249 g/mol. The third kappa shape index (κ3) is 0.885. The maximum atomic E-state index is 10.9. The molecule has 2 aliphatic rings. The zero-order chi connectivity index (χ0) is 6.97. The number of hydrogen-bond donors (Lipinski definition) is 0. The van der Waals surface area contributed by atoms with Crippen LogP contribution in [0.3, 0.4) is 0 Å². The van der Waals surface area contributed by atoms with E-state index in [1.54, 1.807) is 0 Å². The molecule has 0 N–H and O–H groups in total. The first-order valence-corrected chi connectivity index (χ1v) is 5.78. The predicted molar refractivity (Wildman–Crippen MR) is 32.0 cm³/mol. The van der Waals surface area contributed by atoms with Gasteiger partial charge in [-0.1, -0.05) is 0 Å². The van der Waals surface area contributed by atoms with E-state index in [2.05, 4.69) is 4.08 Å². The molecule has 0 aromatic rings. The molecule has 0 aromatic heterocycles. The Balaban J connectivity index is 2.38. The van der Waals surface area contributed by atoms with E-state index in [-0.39, 0.29) is 27.2 Å². The average molecular weight is 249 g/mol. The molecule has 0 saturated heterocycles. The van der Waals surface area contributed by atoms with E-state index in [1.165, 1.54) is 0 Å². The van der Waals surface area contributed by atoms with Crippen molar-refractivity contribution < 1.29 is 30.7 Å². The Morgan fingerprint density at radius 3 is 3.30 bits per heavy atom. The summed E-state index contributed by atoms with van der Waals surface area (Å²) in [5, 5.41) is 0. The van der Waals surface area contributed by atoms with Crippen LogP contribution >= 0.6 is 0 Å². The fourth-order valence-electron chi connectivity index (χ4n) is 0.980. The molecule has 10 heavy (non-hydrogen) atoms. The van der Waals surface area contributed by atoms with Gasteiger partial charge in [0.25, 0.3) is 0 Å². The Hall–Kier alpha value is -0.320. The molecule has 3 heteroatoms. The molecule has 54 valence electrons. The summed E-state index contributed by atoms with van der Waals surface area (Å²) >= 11 is 0.115. The molecule has 0 fully saturated rings. The molecule has 0 aromatic carbocycles. The van der Waals surface area contributed by atoms with Gasteiger partial charge >= 0.3 is 69.0 Å². The van der Waals surface area contributed by atoms with Crippen molar-refractivity contribution in [3.63, 3.8) is 0 Å². The first kappa shape index (κ1) is 6.39.